The number of carbonyl (C=O) groups excluding carboxylic acids is 2. The van der Waals surface area contributed by atoms with Gasteiger partial charge in [0.05, 0.1) is 34.0 Å². The number of nitrogens with zero attached hydrogens (tertiary/aromatic N) is 3. The molecular formula is C16H19N3O7. The minimum Gasteiger partial charge on any atom is -0.466 e. The summed E-state index contributed by atoms with van der Waals surface area (Å²) in [6.45, 7) is 3.79. The van der Waals surface area contributed by atoms with Crippen molar-refractivity contribution in [3.05, 3.63) is 43.5 Å². The van der Waals surface area contributed by atoms with Crippen LogP contribution in [0.25, 0.3) is 0 Å². The Morgan fingerprint density at radius 3 is 2.54 bits per heavy atom. The molecule has 1 fully saturated rings. The van der Waals surface area contributed by atoms with E-state index >= 15 is 0 Å². The van der Waals surface area contributed by atoms with Crippen molar-refractivity contribution in [1.29, 1.82) is 0 Å². The van der Waals surface area contributed by atoms with Crippen LogP contribution < -0.4 is 0 Å². The molecule has 0 saturated carbocycles. The fourth-order valence-corrected chi connectivity index (χ4v) is 2.99. The van der Waals surface area contributed by atoms with E-state index in [1.807, 2.05) is 0 Å². The van der Waals surface area contributed by atoms with E-state index in [1.165, 1.54) is 11.8 Å². The van der Waals surface area contributed by atoms with E-state index in [9.17, 15) is 29.8 Å². The Bertz CT molecular complexity index is 762. The lowest BCUT2D eigenvalue weighted by Crippen LogP contribution is -2.43. The number of hydrogen-bond acceptors (Lipinski definition) is 7. The highest BCUT2D eigenvalue weighted by Gasteiger charge is 2.32. The number of rotatable bonds is 5. The second-order valence-corrected chi connectivity index (χ2v) is 5.99. The maximum absolute atomic E-state index is 12.8. The van der Waals surface area contributed by atoms with Crippen molar-refractivity contribution in [1.82, 2.24) is 4.90 Å². The second kappa shape index (κ2) is 7.89. The Labute approximate surface area is 149 Å². The Morgan fingerprint density at radius 2 is 1.96 bits per heavy atom. The van der Waals surface area contributed by atoms with Crippen molar-refractivity contribution in [3.8, 4) is 0 Å². The molecule has 1 aromatic rings. The lowest BCUT2D eigenvalue weighted by atomic mass is 9.96. The summed E-state index contributed by atoms with van der Waals surface area (Å²) in [5.74, 6) is -1.43. The van der Waals surface area contributed by atoms with Gasteiger partial charge in [-0.25, -0.2) is 0 Å². The van der Waals surface area contributed by atoms with Gasteiger partial charge in [0.15, 0.2) is 0 Å². The van der Waals surface area contributed by atoms with Crippen LogP contribution in [-0.4, -0.2) is 46.3 Å². The number of non-ortho nitro benzene ring substituents is 1. The molecule has 26 heavy (non-hydrogen) atoms. The van der Waals surface area contributed by atoms with Gasteiger partial charge in [0, 0.05) is 24.7 Å². The minimum atomic E-state index is -0.777. The topological polar surface area (TPSA) is 133 Å². The molecule has 0 aromatic heterocycles. The van der Waals surface area contributed by atoms with E-state index in [4.69, 9.17) is 4.74 Å². The Balaban J connectivity index is 2.35. The van der Waals surface area contributed by atoms with Gasteiger partial charge in [-0.1, -0.05) is 0 Å². The van der Waals surface area contributed by atoms with Crippen LogP contribution >= 0.6 is 0 Å². The molecule has 1 aliphatic rings. The number of nitro groups is 2. The van der Waals surface area contributed by atoms with E-state index in [-0.39, 0.29) is 24.3 Å². The molecule has 0 bridgehead atoms. The summed E-state index contributed by atoms with van der Waals surface area (Å²) >= 11 is 0. The number of benzene rings is 1. The number of amides is 1. The zero-order valence-electron chi connectivity index (χ0n) is 14.5. The molecule has 2 rings (SSSR count). The SMILES string of the molecule is CCOC(=O)C1CCCN(C(=O)c2cc([N+](=O)[O-])cc([N+](=O)[O-])c2C)C1. The minimum absolute atomic E-state index is 0.0591. The van der Waals surface area contributed by atoms with Gasteiger partial charge in [0.1, 0.15) is 0 Å². The molecule has 1 unspecified atom stereocenters. The van der Waals surface area contributed by atoms with Crippen molar-refractivity contribution in [2.24, 2.45) is 5.92 Å². The predicted molar refractivity (Wildman–Crippen MR) is 89.7 cm³/mol. The maximum atomic E-state index is 12.8. The second-order valence-electron chi connectivity index (χ2n) is 5.99. The maximum Gasteiger partial charge on any atom is 0.310 e. The van der Waals surface area contributed by atoms with Crippen LogP contribution in [0.5, 0.6) is 0 Å². The van der Waals surface area contributed by atoms with Crippen LogP contribution in [0.15, 0.2) is 12.1 Å². The first-order valence-electron chi connectivity index (χ1n) is 8.15. The van der Waals surface area contributed by atoms with E-state index < -0.39 is 39.0 Å². The summed E-state index contributed by atoms with van der Waals surface area (Å²) in [7, 11) is 0. The quantitative estimate of drug-likeness (QED) is 0.444. The highest BCUT2D eigenvalue weighted by molar-refractivity contribution is 5.97. The molecule has 1 atom stereocenters. The monoisotopic (exact) mass is 365 g/mol. The lowest BCUT2D eigenvalue weighted by Gasteiger charge is -2.31. The largest absolute Gasteiger partial charge is 0.466 e. The number of esters is 1. The van der Waals surface area contributed by atoms with E-state index in [1.54, 1.807) is 6.92 Å². The molecule has 0 aliphatic carbocycles. The van der Waals surface area contributed by atoms with Crippen molar-refractivity contribution < 1.29 is 24.2 Å². The number of likely N-dealkylation sites (tertiary alicyclic amines) is 1. The molecule has 1 aliphatic heterocycles. The van der Waals surface area contributed by atoms with Gasteiger partial charge in [0.2, 0.25) is 0 Å². The number of ether oxygens (including phenoxy) is 1. The van der Waals surface area contributed by atoms with E-state index in [2.05, 4.69) is 0 Å². The number of carbonyl (C=O) groups is 2. The molecule has 10 nitrogen and oxygen atoms in total. The molecule has 1 amide bonds. The molecule has 1 heterocycles. The third kappa shape index (κ3) is 3.95. The zero-order chi connectivity index (χ0) is 19.4. The van der Waals surface area contributed by atoms with Crippen molar-refractivity contribution in [3.63, 3.8) is 0 Å². The summed E-state index contributed by atoms with van der Waals surface area (Å²) in [6.07, 6.45) is 1.15. The van der Waals surface area contributed by atoms with Gasteiger partial charge in [-0.15, -0.1) is 0 Å². The molecule has 1 aromatic carbocycles. The molecule has 0 radical (unpaired) electrons. The average Bonchev–Trinajstić information content (AvgIpc) is 2.61. The predicted octanol–water partition coefficient (Wildman–Crippen LogP) is 2.23. The van der Waals surface area contributed by atoms with Crippen LogP contribution in [-0.2, 0) is 9.53 Å². The van der Waals surface area contributed by atoms with Gasteiger partial charge in [0.25, 0.3) is 17.3 Å². The third-order valence-electron chi connectivity index (χ3n) is 4.33. The first-order chi connectivity index (χ1) is 12.3. The smallest absolute Gasteiger partial charge is 0.310 e. The van der Waals surface area contributed by atoms with Gasteiger partial charge in [-0.05, 0) is 26.7 Å². The molecule has 0 N–H and O–H groups in total. The number of hydrogen-bond donors (Lipinski definition) is 0. The summed E-state index contributed by atoms with van der Waals surface area (Å²) in [5.41, 5.74) is -1.05. The molecule has 0 spiro atoms. The van der Waals surface area contributed by atoms with Crippen LogP contribution in [0.3, 0.4) is 0 Å². The number of nitro benzene ring substituents is 2. The Morgan fingerprint density at radius 1 is 1.27 bits per heavy atom. The fraction of sp³-hybridized carbons (Fsp3) is 0.500. The van der Waals surface area contributed by atoms with Crippen LogP contribution in [0, 0.1) is 33.1 Å². The zero-order valence-corrected chi connectivity index (χ0v) is 14.5. The Kier molecular flexibility index (Phi) is 5.86. The average molecular weight is 365 g/mol. The van der Waals surface area contributed by atoms with Crippen LogP contribution in [0.4, 0.5) is 11.4 Å². The molecule has 140 valence electrons. The highest BCUT2D eigenvalue weighted by Crippen LogP contribution is 2.30. The fourth-order valence-electron chi connectivity index (χ4n) is 2.99. The Hall–Kier alpha value is -3.04. The summed E-state index contributed by atoms with van der Waals surface area (Å²) < 4.78 is 4.98. The van der Waals surface area contributed by atoms with Gasteiger partial charge in [-0.2, -0.15) is 0 Å². The number of piperidine rings is 1. The first-order valence-corrected chi connectivity index (χ1v) is 8.15. The molecule has 1 saturated heterocycles. The summed E-state index contributed by atoms with van der Waals surface area (Å²) in [6, 6.07) is 1.88. The normalized spacial score (nSPS) is 16.8. The first kappa shape index (κ1) is 19.3. The molecular weight excluding hydrogens is 346 g/mol. The van der Waals surface area contributed by atoms with E-state index in [0.29, 0.717) is 19.4 Å². The molecule has 10 heteroatoms. The van der Waals surface area contributed by atoms with Gasteiger partial charge < -0.3 is 9.64 Å². The van der Waals surface area contributed by atoms with Crippen LogP contribution in [0.1, 0.15) is 35.7 Å². The standard InChI is InChI=1S/C16H19N3O7/c1-3-26-16(21)11-5-4-6-17(9-11)15(20)13-7-12(18(22)23)8-14(10(13)2)19(24)25/h7-8,11H,3-6,9H2,1-2H3. The third-order valence-corrected chi connectivity index (χ3v) is 4.33. The van der Waals surface area contributed by atoms with Crippen molar-refractivity contribution >= 4 is 23.3 Å². The summed E-state index contributed by atoms with van der Waals surface area (Å²) in [5, 5.41) is 22.2. The lowest BCUT2D eigenvalue weighted by molar-refractivity contribution is -0.394. The van der Waals surface area contributed by atoms with E-state index in [0.717, 1.165) is 12.1 Å². The van der Waals surface area contributed by atoms with Gasteiger partial charge >= 0.3 is 5.97 Å². The van der Waals surface area contributed by atoms with Crippen LogP contribution in [0.2, 0.25) is 0 Å². The highest BCUT2D eigenvalue weighted by atomic mass is 16.6. The van der Waals surface area contributed by atoms with Crippen molar-refractivity contribution in [2.75, 3.05) is 19.7 Å². The summed E-state index contributed by atoms with van der Waals surface area (Å²) in [4.78, 5) is 46.8. The van der Waals surface area contributed by atoms with Gasteiger partial charge in [-0.3, -0.25) is 29.8 Å². The van der Waals surface area contributed by atoms with Crippen molar-refractivity contribution in [2.45, 2.75) is 26.7 Å².